The van der Waals surface area contributed by atoms with E-state index >= 15 is 0 Å². The Morgan fingerprint density at radius 2 is 1.71 bits per heavy atom. The second kappa shape index (κ2) is 5.75. The quantitative estimate of drug-likeness (QED) is 0.728. The third-order valence-electron chi connectivity index (χ3n) is 3.65. The number of hydrogen-bond donors (Lipinski definition) is 1. The van der Waals surface area contributed by atoms with Gasteiger partial charge in [0.1, 0.15) is 0 Å². The summed E-state index contributed by atoms with van der Waals surface area (Å²) in [6.45, 7) is 10.6. The Labute approximate surface area is 89.7 Å². The Hall–Kier alpha value is -0.0400. The molecule has 0 amide bonds. The van der Waals surface area contributed by atoms with Crippen LogP contribution in [-0.2, 0) is 0 Å². The summed E-state index contributed by atoms with van der Waals surface area (Å²) < 4.78 is 0. The zero-order valence-corrected chi connectivity index (χ0v) is 10.3. The second-order valence-electron chi connectivity index (χ2n) is 5.55. The fourth-order valence-corrected chi connectivity index (χ4v) is 2.62. The maximum atomic E-state index is 3.75. The first-order valence-electron chi connectivity index (χ1n) is 6.34. The van der Waals surface area contributed by atoms with E-state index in [0.29, 0.717) is 0 Å². The number of rotatable bonds is 4. The van der Waals surface area contributed by atoms with Gasteiger partial charge in [-0.15, -0.1) is 0 Å². The van der Waals surface area contributed by atoms with Gasteiger partial charge < -0.3 is 5.32 Å². The molecule has 84 valence electrons. The average Bonchev–Trinajstić information content (AvgIpc) is 2.09. The SMILES string of the molecule is CC(C)CCNC1C(C)CCCC1C. The standard InChI is InChI=1S/C13H27N/c1-10(2)8-9-14-13-11(3)6-5-7-12(13)4/h10-14H,5-9H2,1-4H3. The van der Waals surface area contributed by atoms with Crippen LogP contribution in [0.1, 0.15) is 53.4 Å². The number of nitrogens with one attached hydrogen (secondary N) is 1. The smallest absolute Gasteiger partial charge is 0.0118 e. The molecule has 14 heavy (non-hydrogen) atoms. The zero-order chi connectivity index (χ0) is 10.6. The van der Waals surface area contributed by atoms with Gasteiger partial charge in [-0.3, -0.25) is 0 Å². The molecule has 0 bridgehead atoms. The molecule has 1 nitrogen and oxygen atoms in total. The normalized spacial score (nSPS) is 33.6. The molecule has 1 N–H and O–H groups in total. The van der Waals surface area contributed by atoms with Gasteiger partial charge in [0, 0.05) is 6.04 Å². The average molecular weight is 197 g/mol. The molecule has 1 rings (SSSR count). The summed E-state index contributed by atoms with van der Waals surface area (Å²) >= 11 is 0. The molecule has 1 aliphatic carbocycles. The lowest BCUT2D eigenvalue weighted by molar-refractivity contribution is 0.207. The fraction of sp³-hybridized carbons (Fsp3) is 1.00. The molecular weight excluding hydrogens is 170 g/mol. The molecule has 1 fully saturated rings. The summed E-state index contributed by atoms with van der Waals surface area (Å²) in [5, 5.41) is 3.75. The van der Waals surface area contributed by atoms with Gasteiger partial charge in [-0.05, 0) is 43.6 Å². The fourth-order valence-electron chi connectivity index (χ4n) is 2.62. The van der Waals surface area contributed by atoms with Crippen LogP contribution in [0.2, 0.25) is 0 Å². The summed E-state index contributed by atoms with van der Waals surface area (Å²) in [7, 11) is 0. The minimum atomic E-state index is 0.780. The van der Waals surface area contributed by atoms with E-state index in [0.717, 1.165) is 23.8 Å². The Morgan fingerprint density at radius 1 is 1.14 bits per heavy atom. The highest BCUT2D eigenvalue weighted by Crippen LogP contribution is 2.28. The summed E-state index contributed by atoms with van der Waals surface area (Å²) in [4.78, 5) is 0. The van der Waals surface area contributed by atoms with Crippen molar-refractivity contribution in [1.29, 1.82) is 0 Å². The Morgan fingerprint density at radius 3 is 2.21 bits per heavy atom. The highest BCUT2D eigenvalue weighted by Gasteiger charge is 2.26. The summed E-state index contributed by atoms with van der Waals surface area (Å²) in [6, 6.07) is 0.780. The van der Waals surface area contributed by atoms with E-state index in [1.165, 1.54) is 32.2 Å². The van der Waals surface area contributed by atoms with E-state index in [1.54, 1.807) is 0 Å². The van der Waals surface area contributed by atoms with Crippen LogP contribution in [0.15, 0.2) is 0 Å². The summed E-state index contributed by atoms with van der Waals surface area (Å²) in [5.41, 5.74) is 0. The Balaban J connectivity index is 2.26. The van der Waals surface area contributed by atoms with Gasteiger partial charge in [-0.25, -0.2) is 0 Å². The largest absolute Gasteiger partial charge is 0.313 e. The van der Waals surface area contributed by atoms with Crippen molar-refractivity contribution in [2.75, 3.05) is 6.54 Å². The predicted molar refractivity (Wildman–Crippen MR) is 63.4 cm³/mol. The molecule has 0 heterocycles. The van der Waals surface area contributed by atoms with Crippen molar-refractivity contribution < 1.29 is 0 Å². The van der Waals surface area contributed by atoms with Crippen LogP contribution in [0.3, 0.4) is 0 Å². The second-order valence-corrected chi connectivity index (χ2v) is 5.55. The van der Waals surface area contributed by atoms with Gasteiger partial charge in [0.15, 0.2) is 0 Å². The summed E-state index contributed by atoms with van der Waals surface area (Å²) in [6.07, 6.45) is 5.59. The van der Waals surface area contributed by atoms with Crippen LogP contribution in [0, 0.1) is 17.8 Å². The first kappa shape index (κ1) is 12.0. The van der Waals surface area contributed by atoms with E-state index in [-0.39, 0.29) is 0 Å². The highest BCUT2D eigenvalue weighted by molar-refractivity contribution is 4.83. The van der Waals surface area contributed by atoms with Crippen LogP contribution in [0.5, 0.6) is 0 Å². The molecule has 0 aliphatic heterocycles. The van der Waals surface area contributed by atoms with Crippen molar-refractivity contribution in [3.8, 4) is 0 Å². The van der Waals surface area contributed by atoms with Crippen molar-refractivity contribution in [3.05, 3.63) is 0 Å². The molecule has 0 saturated heterocycles. The zero-order valence-electron chi connectivity index (χ0n) is 10.3. The van der Waals surface area contributed by atoms with Crippen molar-refractivity contribution >= 4 is 0 Å². The van der Waals surface area contributed by atoms with Gasteiger partial charge >= 0.3 is 0 Å². The molecule has 0 aromatic carbocycles. The lowest BCUT2D eigenvalue weighted by Gasteiger charge is -2.35. The maximum Gasteiger partial charge on any atom is 0.0118 e. The van der Waals surface area contributed by atoms with Gasteiger partial charge in [-0.1, -0.05) is 34.1 Å². The minimum Gasteiger partial charge on any atom is -0.313 e. The molecule has 1 saturated carbocycles. The van der Waals surface area contributed by atoms with Crippen LogP contribution in [0.4, 0.5) is 0 Å². The molecule has 1 heteroatoms. The van der Waals surface area contributed by atoms with Gasteiger partial charge in [0.2, 0.25) is 0 Å². The van der Waals surface area contributed by atoms with Crippen molar-refractivity contribution in [2.45, 2.75) is 59.4 Å². The maximum absolute atomic E-state index is 3.75. The minimum absolute atomic E-state index is 0.780. The highest BCUT2D eigenvalue weighted by atomic mass is 14.9. The Kier molecular flexibility index (Phi) is 4.94. The number of hydrogen-bond acceptors (Lipinski definition) is 1. The predicted octanol–water partition coefficient (Wildman–Crippen LogP) is 3.45. The van der Waals surface area contributed by atoms with E-state index in [2.05, 4.69) is 33.0 Å². The van der Waals surface area contributed by atoms with Gasteiger partial charge in [0.25, 0.3) is 0 Å². The van der Waals surface area contributed by atoms with E-state index in [1.807, 2.05) is 0 Å². The molecule has 0 aromatic heterocycles. The molecule has 0 aromatic rings. The van der Waals surface area contributed by atoms with Crippen LogP contribution in [-0.4, -0.2) is 12.6 Å². The first-order valence-corrected chi connectivity index (χ1v) is 6.34. The van der Waals surface area contributed by atoms with Crippen molar-refractivity contribution in [3.63, 3.8) is 0 Å². The monoisotopic (exact) mass is 197 g/mol. The summed E-state index contributed by atoms with van der Waals surface area (Å²) in [5.74, 6) is 2.59. The van der Waals surface area contributed by atoms with Crippen molar-refractivity contribution in [2.24, 2.45) is 17.8 Å². The van der Waals surface area contributed by atoms with Crippen LogP contribution < -0.4 is 5.32 Å². The van der Waals surface area contributed by atoms with Gasteiger partial charge in [0.05, 0.1) is 0 Å². The van der Waals surface area contributed by atoms with E-state index in [4.69, 9.17) is 0 Å². The third-order valence-corrected chi connectivity index (χ3v) is 3.65. The van der Waals surface area contributed by atoms with Gasteiger partial charge in [-0.2, -0.15) is 0 Å². The van der Waals surface area contributed by atoms with E-state index < -0.39 is 0 Å². The van der Waals surface area contributed by atoms with Crippen LogP contribution >= 0.6 is 0 Å². The lowest BCUT2D eigenvalue weighted by atomic mass is 9.78. The lowest BCUT2D eigenvalue weighted by Crippen LogP contribution is -2.43. The third kappa shape index (κ3) is 3.61. The van der Waals surface area contributed by atoms with Crippen LogP contribution in [0.25, 0.3) is 0 Å². The molecule has 0 radical (unpaired) electrons. The van der Waals surface area contributed by atoms with Crippen molar-refractivity contribution in [1.82, 2.24) is 5.32 Å². The topological polar surface area (TPSA) is 12.0 Å². The molecule has 2 unspecified atom stereocenters. The Bertz CT molecular complexity index is 143. The molecule has 0 spiro atoms. The molecule has 1 aliphatic rings. The van der Waals surface area contributed by atoms with E-state index in [9.17, 15) is 0 Å². The molecule has 2 atom stereocenters. The molecular formula is C13H27N. The first-order chi connectivity index (χ1) is 6.61.